The van der Waals surface area contributed by atoms with Crippen molar-refractivity contribution < 1.29 is 0 Å². The number of fused-ring (bicyclic) bond motifs is 5. The molecule has 0 saturated carbocycles. The van der Waals surface area contributed by atoms with Crippen LogP contribution in [-0.2, 0) is 19.5 Å². The third kappa shape index (κ3) is 1.30. The molecule has 0 amide bonds. The zero-order chi connectivity index (χ0) is 13.0. The van der Waals surface area contributed by atoms with Gasteiger partial charge in [0, 0.05) is 24.0 Å². The van der Waals surface area contributed by atoms with Crippen LogP contribution in [0.1, 0.15) is 18.3 Å². The minimum absolute atomic E-state index is 1.00. The third-order valence-electron chi connectivity index (χ3n) is 4.28. The molecule has 96 valence electrons. The van der Waals surface area contributed by atoms with Crippen LogP contribution in [-0.4, -0.2) is 14.1 Å². The monoisotopic (exact) mass is 251 g/mol. The van der Waals surface area contributed by atoms with Crippen molar-refractivity contribution in [1.82, 2.24) is 14.1 Å². The van der Waals surface area contributed by atoms with Crippen molar-refractivity contribution in [2.24, 2.45) is 0 Å². The smallest absolute Gasteiger partial charge is 0.106 e. The molecule has 3 heteroatoms. The summed E-state index contributed by atoms with van der Waals surface area (Å²) in [5, 5.41) is 1.41. The summed E-state index contributed by atoms with van der Waals surface area (Å²) in [5.41, 5.74) is 5.49. The molecule has 3 aromatic rings. The van der Waals surface area contributed by atoms with Crippen LogP contribution in [0.5, 0.6) is 0 Å². The first-order valence-electron chi connectivity index (χ1n) is 6.94. The Bertz CT molecular complexity index is 744. The van der Waals surface area contributed by atoms with Crippen molar-refractivity contribution in [3.63, 3.8) is 0 Å². The van der Waals surface area contributed by atoms with E-state index in [4.69, 9.17) is 0 Å². The molecule has 0 bridgehead atoms. The first-order valence-corrected chi connectivity index (χ1v) is 6.94. The first-order chi connectivity index (χ1) is 9.31. The van der Waals surface area contributed by atoms with Crippen LogP contribution in [0, 0.1) is 6.92 Å². The Morgan fingerprint density at radius 1 is 1.26 bits per heavy atom. The number of nitrogens with zero attached hydrogens (tertiary/aromatic N) is 3. The van der Waals surface area contributed by atoms with Crippen molar-refractivity contribution in [1.29, 1.82) is 0 Å². The highest BCUT2D eigenvalue weighted by atomic mass is 15.1. The molecule has 3 nitrogen and oxygen atoms in total. The third-order valence-corrected chi connectivity index (χ3v) is 4.28. The lowest BCUT2D eigenvalue weighted by Gasteiger charge is -2.19. The maximum Gasteiger partial charge on any atom is 0.106 e. The van der Waals surface area contributed by atoms with Crippen LogP contribution in [0.4, 0.5) is 0 Å². The molecule has 3 heterocycles. The highest BCUT2D eigenvalue weighted by Gasteiger charge is 2.24. The minimum Gasteiger partial charge on any atom is -0.339 e. The molecule has 0 atom stereocenters. The molecule has 1 aromatic carbocycles. The standard InChI is InChI=1S/C16H17N3/c1-3-18-14-7-5-4-6-12(14)13-8-9-19-11(2)17-10-15(19)16(13)18/h4-7,10H,3,8-9H2,1-2H3. The van der Waals surface area contributed by atoms with Gasteiger partial charge in [-0.1, -0.05) is 18.2 Å². The average molecular weight is 251 g/mol. The van der Waals surface area contributed by atoms with Gasteiger partial charge in [-0.3, -0.25) is 0 Å². The molecule has 19 heavy (non-hydrogen) atoms. The fourth-order valence-electron chi connectivity index (χ4n) is 3.41. The summed E-state index contributed by atoms with van der Waals surface area (Å²) in [4.78, 5) is 4.49. The van der Waals surface area contributed by atoms with Crippen molar-refractivity contribution in [3.05, 3.63) is 41.9 Å². The Hall–Kier alpha value is -2.03. The van der Waals surface area contributed by atoms with Crippen molar-refractivity contribution >= 4 is 10.9 Å². The molecule has 0 unspecified atom stereocenters. The van der Waals surface area contributed by atoms with E-state index in [-0.39, 0.29) is 0 Å². The van der Waals surface area contributed by atoms with Gasteiger partial charge in [0.15, 0.2) is 0 Å². The Balaban J connectivity index is 2.15. The van der Waals surface area contributed by atoms with Crippen LogP contribution in [0.2, 0.25) is 0 Å². The molecular weight excluding hydrogens is 234 g/mol. The fourth-order valence-corrected chi connectivity index (χ4v) is 3.41. The lowest BCUT2D eigenvalue weighted by molar-refractivity contribution is 0.652. The van der Waals surface area contributed by atoms with E-state index in [1.165, 1.54) is 27.9 Å². The van der Waals surface area contributed by atoms with Crippen LogP contribution < -0.4 is 0 Å². The minimum atomic E-state index is 1.00. The molecule has 0 radical (unpaired) electrons. The zero-order valence-corrected chi connectivity index (χ0v) is 11.3. The van der Waals surface area contributed by atoms with E-state index in [1.807, 2.05) is 6.20 Å². The fraction of sp³-hybridized carbons (Fsp3) is 0.312. The summed E-state index contributed by atoms with van der Waals surface area (Å²) in [7, 11) is 0. The van der Waals surface area contributed by atoms with Gasteiger partial charge in [0.2, 0.25) is 0 Å². The number of imidazole rings is 1. The molecule has 4 rings (SSSR count). The van der Waals surface area contributed by atoms with E-state index in [0.717, 1.165) is 25.3 Å². The van der Waals surface area contributed by atoms with E-state index in [0.29, 0.717) is 0 Å². The van der Waals surface area contributed by atoms with Gasteiger partial charge in [-0.05, 0) is 31.9 Å². The van der Waals surface area contributed by atoms with Gasteiger partial charge in [0.25, 0.3) is 0 Å². The largest absolute Gasteiger partial charge is 0.339 e. The second-order valence-corrected chi connectivity index (χ2v) is 5.18. The molecule has 0 N–H and O–H groups in total. The molecule has 0 aliphatic carbocycles. The summed E-state index contributed by atoms with van der Waals surface area (Å²) >= 11 is 0. The molecular formula is C16H17N3. The Labute approximate surface area is 112 Å². The maximum absolute atomic E-state index is 4.49. The maximum atomic E-state index is 4.49. The Morgan fingerprint density at radius 3 is 2.95 bits per heavy atom. The Morgan fingerprint density at radius 2 is 2.11 bits per heavy atom. The number of rotatable bonds is 1. The van der Waals surface area contributed by atoms with Gasteiger partial charge in [-0.2, -0.15) is 0 Å². The van der Waals surface area contributed by atoms with Crippen LogP contribution in [0.15, 0.2) is 30.5 Å². The summed E-state index contributed by atoms with van der Waals surface area (Å²) in [6.45, 7) is 6.36. The molecule has 1 aliphatic heterocycles. The topological polar surface area (TPSA) is 22.8 Å². The molecule has 0 fully saturated rings. The van der Waals surface area contributed by atoms with Gasteiger partial charge in [0.1, 0.15) is 5.82 Å². The number of benzene rings is 1. The van der Waals surface area contributed by atoms with Crippen LogP contribution >= 0.6 is 0 Å². The lowest BCUT2D eigenvalue weighted by Crippen LogP contribution is -2.13. The van der Waals surface area contributed by atoms with Crippen LogP contribution in [0.3, 0.4) is 0 Å². The van der Waals surface area contributed by atoms with E-state index in [9.17, 15) is 0 Å². The number of aromatic nitrogens is 3. The quantitative estimate of drug-likeness (QED) is 0.650. The number of hydrogen-bond donors (Lipinski definition) is 0. The zero-order valence-electron chi connectivity index (χ0n) is 11.3. The van der Waals surface area contributed by atoms with Crippen LogP contribution in [0.25, 0.3) is 22.3 Å². The van der Waals surface area contributed by atoms with E-state index in [2.05, 4.69) is 52.2 Å². The number of aryl methyl sites for hydroxylation is 3. The van der Waals surface area contributed by atoms with Gasteiger partial charge >= 0.3 is 0 Å². The molecule has 0 saturated heterocycles. The van der Waals surface area contributed by atoms with E-state index < -0.39 is 0 Å². The van der Waals surface area contributed by atoms with Gasteiger partial charge < -0.3 is 9.13 Å². The number of hydrogen-bond acceptors (Lipinski definition) is 1. The average Bonchev–Trinajstić information content (AvgIpc) is 2.97. The number of para-hydroxylation sites is 1. The molecule has 1 aliphatic rings. The normalized spacial score (nSPS) is 13.6. The molecule has 0 spiro atoms. The summed E-state index contributed by atoms with van der Waals surface area (Å²) in [5.74, 6) is 1.12. The predicted molar refractivity (Wildman–Crippen MR) is 77.3 cm³/mol. The van der Waals surface area contributed by atoms with E-state index >= 15 is 0 Å². The van der Waals surface area contributed by atoms with E-state index in [1.54, 1.807) is 0 Å². The lowest BCUT2D eigenvalue weighted by atomic mass is 10.0. The van der Waals surface area contributed by atoms with Crippen molar-refractivity contribution in [3.8, 4) is 11.4 Å². The summed E-state index contributed by atoms with van der Waals surface area (Å²) in [6.07, 6.45) is 3.13. The second-order valence-electron chi connectivity index (χ2n) is 5.18. The first kappa shape index (κ1) is 10.9. The predicted octanol–water partition coefficient (Wildman–Crippen LogP) is 3.39. The highest BCUT2D eigenvalue weighted by molar-refractivity contribution is 5.91. The van der Waals surface area contributed by atoms with Gasteiger partial charge in [-0.25, -0.2) is 4.98 Å². The van der Waals surface area contributed by atoms with Crippen molar-refractivity contribution in [2.45, 2.75) is 33.4 Å². The summed E-state index contributed by atoms with van der Waals surface area (Å²) in [6, 6.07) is 8.74. The van der Waals surface area contributed by atoms with Gasteiger partial charge in [-0.15, -0.1) is 0 Å². The summed E-state index contributed by atoms with van der Waals surface area (Å²) < 4.78 is 4.77. The SMILES string of the molecule is CCn1c2c(c3ccccc31)CCn1c-2cnc1C. The molecule has 2 aromatic heterocycles. The second kappa shape index (κ2) is 3.73. The Kier molecular flexibility index (Phi) is 2.13. The highest BCUT2D eigenvalue weighted by Crippen LogP contribution is 2.37. The van der Waals surface area contributed by atoms with Gasteiger partial charge in [0.05, 0.1) is 17.6 Å². The van der Waals surface area contributed by atoms with Crippen molar-refractivity contribution in [2.75, 3.05) is 0 Å².